The topological polar surface area (TPSA) is 0 Å². The van der Waals surface area contributed by atoms with Crippen LogP contribution in [0.5, 0.6) is 0 Å². The Morgan fingerprint density at radius 2 is 1.16 bits per heavy atom. The van der Waals surface area contributed by atoms with Gasteiger partial charge in [-0.05, 0) is 0 Å². The minimum absolute atomic E-state index is 0. The van der Waals surface area contributed by atoms with Crippen LogP contribution in [0.1, 0.15) is 56.2 Å². The van der Waals surface area contributed by atoms with E-state index in [1.807, 2.05) is 5.31 Å². The summed E-state index contributed by atoms with van der Waals surface area (Å²) in [6.45, 7) is 9.66. The molecule has 0 spiro atoms. The van der Waals surface area contributed by atoms with Crippen LogP contribution >= 0.6 is 15.8 Å². The van der Waals surface area contributed by atoms with Gasteiger partial charge < -0.3 is 24.8 Å². The Kier molecular flexibility index (Phi) is 11.2. The molecule has 2 atom stereocenters. The average molecular weight is 569 g/mol. The summed E-state index contributed by atoms with van der Waals surface area (Å²) in [5, 5.41) is 3.63. The maximum atomic E-state index is 2.63. The van der Waals surface area contributed by atoms with Gasteiger partial charge in [-0.15, -0.1) is 0 Å². The molecule has 0 heterocycles. The van der Waals surface area contributed by atoms with Crippen LogP contribution in [0.25, 0.3) is 12.2 Å². The van der Waals surface area contributed by atoms with E-state index in [1.54, 1.807) is 16.4 Å². The second-order valence-corrected chi connectivity index (χ2v) is 16.8. The quantitative estimate of drug-likeness (QED) is 0.429. The number of halogens is 2. The first kappa shape index (κ1) is 27.5. The zero-order valence-electron chi connectivity index (χ0n) is 18.9. The Morgan fingerprint density at radius 3 is 1.65 bits per heavy atom. The SMILES string of the molecule is CCCP(CCC)C1=Cc2ccccc2[CH]1[Zr+2][CH]1C(P(C)C)=Cc2ccccc21.[Cl-].[Cl-]. The first-order valence-electron chi connectivity index (χ1n) is 10.9. The molecule has 2 aromatic rings. The van der Waals surface area contributed by atoms with E-state index in [2.05, 4.69) is 87.9 Å². The van der Waals surface area contributed by atoms with Gasteiger partial charge in [0, 0.05) is 0 Å². The fourth-order valence-electron chi connectivity index (χ4n) is 4.70. The van der Waals surface area contributed by atoms with Crippen LogP contribution < -0.4 is 24.8 Å². The van der Waals surface area contributed by atoms with E-state index in [0.29, 0.717) is 0 Å². The molecule has 0 fully saturated rings. The van der Waals surface area contributed by atoms with Crippen LogP contribution in [0.3, 0.4) is 0 Å². The zero-order valence-corrected chi connectivity index (χ0v) is 24.7. The number of hydrogen-bond acceptors (Lipinski definition) is 0. The fourth-order valence-corrected chi connectivity index (χ4v) is 16.8. The Bertz CT molecular complexity index is 933. The summed E-state index contributed by atoms with van der Waals surface area (Å²) in [5.41, 5.74) is 6.34. The van der Waals surface area contributed by atoms with Crippen molar-refractivity contribution in [3.8, 4) is 0 Å². The molecular formula is C26H32Cl2P2Zr. The van der Waals surface area contributed by atoms with Crippen molar-refractivity contribution in [2.75, 3.05) is 25.7 Å². The van der Waals surface area contributed by atoms with E-state index >= 15 is 0 Å². The molecule has 4 rings (SSSR count). The second kappa shape index (κ2) is 12.6. The third-order valence-electron chi connectivity index (χ3n) is 6.01. The molecule has 2 aromatic carbocycles. The molecule has 2 aliphatic carbocycles. The van der Waals surface area contributed by atoms with Crippen molar-refractivity contribution in [1.29, 1.82) is 0 Å². The van der Waals surface area contributed by atoms with Gasteiger partial charge in [-0.2, -0.15) is 0 Å². The molecule has 0 saturated heterocycles. The Morgan fingerprint density at radius 1 is 0.710 bits per heavy atom. The normalized spacial score (nSPS) is 18.5. The van der Waals surface area contributed by atoms with Gasteiger partial charge in [0.2, 0.25) is 0 Å². The first-order valence-corrected chi connectivity index (χ1v) is 17.7. The van der Waals surface area contributed by atoms with E-state index in [1.165, 1.54) is 36.3 Å². The van der Waals surface area contributed by atoms with Gasteiger partial charge >= 0.3 is 192 Å². The maximum absolute atomic E-state index is 2.63. The molecule has 0 bridgehead atoms. The summed E-state index contributed by atoms with van der Waals surface area (Å²) in [5.74, 6) is 0. The van der Waals surface area contributed by atoms with Gasteiger partial charge in [0.25, 0.3) is 0 Å². The van der Waals surface area contributed by atoms with Gasteiger partial charge in [0.1, 0.15) is 0 Å². The number of rotatable bonds is 8. The predicted octanol–water partition coefficient (Wildman–Crippen LogP) is 2.31. The second-order valence-electron chi connectivity index (χ2n) is 8.31. The number of fused-ring (bicyclic) bond motifs is 2. The van der Waals surface area contributed by atoms with Crippen molar-refractivity contribution in [3.63, 3.8) is 0 Å². The Labute approximate surface area is 215 Å². The van der Waals surface area contributed by atoms with Gasteiger partial charge in [-0.25, -0.2) is 0 Å². The molecule has 2 unspecified atom stereocenters. The molecule has 31 heavy (non-hydrogen) atoms. The minimum Gasteiger partial charge on any atom is -1.00 e. The summed E-state index contributed by atoms with van der Waals surface area (Å²) < 4.78 is 1.53. The predicted molar refractivity (Wildman–Crippen MR) is 130 cm³/mol. The van der Waals surface area contributed by atoms with Crippen LogP contribution in [0.2, 0.25) is 0 Å². The number of hydrogen-bond donors (Lipinski definition) is 0. The monoisotopic (exact) mass is 566 g/mol. The molecular weight excluding hydrogens is 536 g/mol. The summed E-state index contributed by atoms with van der Waals surface area (Å²) in [6, 6.07) is 18.6. The molecule has 5 heteroatoms. The van der Waals surface area contributed by atoms with E-state index in [0.717, 1.165) is 7.25 Å². The Balaban J connectivity index is 0.00000171. The van der Waals surface area contributed by atoms with Crippen molar-refractivity contribution in [2.24, 2.45) is 0 Å². The van der Waals surface area contributed by atoms with E-state index < -0.39 is 23.2 Å². The van der Waals surface area contributed by atoms with Gasteiger partial charge in [0.05, 0.1) is 0 Å². The first-order chi connectivity index (χ1) is 14.1. The van der Waals surface area contributed by atoms with Gasteiger partial charge in [-0.3, -0.25) is 0 Å². The molecule has 164 valence electrons. The smallest absolute Gasteiger partial charge is 1.00 e. The molecule has 0 amide bonds. The van der Waals surface area contributed by atoms with Crippen LogP contribution in [-0.2, 0) is 23.2 Å². The van der Waals surface area contributed by atoms with Crippen LogP contribution in [0.4, 0.5) is 0 Å². The standard InChI is InChI=1S/C15H20P.C11H12P.2ClH.Zr/c1-3-9-16(10-4-2)15-11-13-7-5-6-8-14(13)12-15;1-12(2)11-7-9-5-3-4-6-10(9)8-11;;;/h5-8,11-12H,3-4,9-10H2,1-2H3;3-8H,1-2H3;2*1H;/q;;;;+2/p-2. The number of benzene rings is 2. The zero-order chi connectivity index (χ0) is 20.4. The Hall–Kier alpha value is 0.243. The van der Waals surface area contributed by atoms with E-state index in [9.17, 15) is 0 Å². The van der Waals surface area contributed by atoms with E-state index in [4.69, 9.17) is 0 Å². The van der Waals surface area contributed by atoms with Crippen molar-refractivity contribution in [1.82, 2.24) is 0 Å². The molecule has 0 aliphatic heterocycles. The molecule has 2 aliphatic rings. The summed E-state index contributed by atoms with van der Waals surface area (Å²) in [6.07, 6.45) is 10.7. The summed E-state index contributed by atoms with van der Waals surface area (Å²) in [4.78, 5) is 0. The van der Waals surface area contributed by atoms with Crippen molar-refractivity contribution < 1.29 is 48.0 Å². The minimum atomic E-state index is -0.735. The van der Waals surface area contributed by atoms with Gasteiger partial charge in [-0.1, -0.05) is 0 Å². The van der Waals surface area contributed by atoms with Crippen molar-refractivity contribution >= 4 is 28.0 Å². The maximum Gasteiger partial charge on any atom is -1.00 e. The van der Waals surface area contributed by atoms with Crippen molar-refractivity contribution in [2.45, 2.75) is 33.9 Å². The number of allylic oxidation sites excluding steroid dienone is 2. The van der Waals surface area contributed by atoms with Crippen LogP contribution in [0.15, 0.2) is 59.2 Å². The average Bonchev–Trinajstić information content (AvgIpc) is 3.27. The van der Waals surface area contributed by atoms with Crippen LogP contribution in [0, 0.1) is 0 Å². The van der Waals surface area contributed by atoms with Gasteiger partial charge in [0.15, 0.2) is 0 Å². The fraction of sp³-hybridized carbons (Fsp3) is 0.385. The molecule has 0 nitrogen and oxygen atoms in total. The third kappa shape index (κ3) is 5.85. The molecule has 0 N–H and O–H groups in total. The summed E-state index contributed by atoms with van der Waals surface area (Å²) in [7, 11) is -0.00363. The van der Waals surface area contributed by atoms with E-state index in [-0.39, 0.29) is 40.7 Å². The summed E-state index contributed by atoms with van der Waals surface area (Å²) >= 11 is -0.735. The molecule has 0 saturated carbocycles. The molecule has 0 radical (unpaired) electrons. The van der Waals surface area contributed by atoms with Crippen LogP contribution in [-0.4, -0.2) is 25.7 Å². The molecule has 0 aromatic heterocycles. The third-order valence-corrected chi connectivity index (χ3v) is 16.4. The van der Waals surface area contributed by atoms with Crippen molar-refractivity contribution in [3.05, 3.63) is 81.4 Å². The largest absolute Gasteiger partial charge is 1.00 e.